The molecule has 0 amide bonds. The van der Waals surface area contributed by atoms with Crippen LogP contribution in [0.1, 0.15) is 71.8 Å². The van der Waals surface area contributed by atoms with E-state index in [2.05, 4.69) is 20.8 Å². The lowest BCUT2D eigenvalue weighted by Gasteiger charge is -2.30. The Morgan fingerprint density at radius 1 is 1.03 bits per heavy atom. The van der Waals surface area contributed by atoms with Crippen molar-refractivity contribution in [3.63, 3.8) is 0 Å². The van der Waals surface area contributed by atoms with E-state index in [-0.39, 0.29) is 15.9 Å². The van der Waals surface area contributed by atoms with Crippen LogP contribution in [-0.2, 0) is 22.0 Å². The summed E-state index contributed by atoms with van der Waals surface area (Å²) in [6.07, 6.45) is 1.57. The molecule has 3 rings (SSSR count). The first-order valence-electron chi connectivity index (χ1n) is 11.6. The SMILES string of the molecule is CCCCN(C(C)c1nc2ccccc2c(=O)n1CC)S(=O)(=O)c1ccc(C(C)(C)C)cc1. The van der Waals surface area contributed by atoms with Crippen LogP contribution in [0.3, 0.4) is 0 Å². The van der Waals surface area contributed by atoms with E-state index in [4.69, 9.17) is 4.98 Å². The number of aromatic nitrogens is 2. The standard InChI is InChI=1S/C26H35N3O3S/c1-7-9-18-29(33(31,32)21-16-14-20(15-17-21)26(4,5)6)19(3)24-27-23-13-11-10-12-22(23)25(30)28(24)8-2/h10-17,19H,7-9,18H2,1-6H3. The minimum atomic E-state index is -3.80. The molecule has 0 bridgehead atoms. The van der Waals surface area contributed by atoms with Gasteiger partial charge in [0.2, 0.25) is 10.0 Å². The van der Waals surface area contributed by atoms with Gasteiger partial charge in [0.1, 0.15) is 5.82 Å². The van der Waals surface area contributed by atoms with Gasteiger partial charge in [-0.05, 0) is 55.5 Å². The molecule has 1 heterocycles. The molecule has 0 spiro atoms. The number of hydrogen-bond donors (Lipinski definition) is 0. The maximum absolute atomic E-state index is 13.8. The van der Waals surface area contributed by atoms with Gasteiger partial charge in [0.15, 0.2) is 0 Å². The third kappa shape index (κ3) is 5.04. The molecule has 0 saturated heterocycles. The Hall–Kier alpha value is -2.51. The van der Waals surface area contributed by atoms with Crippen LogP contribution in [0.2, 0.25) is 0 Å². The molecule has 0 radical (unpaired) electrons. The summed E-state index contributed by atoms with van der Waals surface area (Å²) in [6, 6.07) is 13.7. The van der Waals surface area contributed by atoms with Crippen molar-refractivity contribution in [2.24, 2.45) is 0 Å². The molecule has 1 atom stereocenters. The minimum absolute atomic E-state index is 0.0658. The van der Waals surface area contributed by atoms with Gasteiger partial charge >= 0.3 is 0 Å². The zero-order chi connectivity index (χ0) is 24.4. The van der Waals surface area contributed by atoms with Gasteiger partial charge in [-0.15, -0.1) is 0 Å². The summed E-state index contributed by atoms with van der Waals surface area (Å²) >= 11 is 0. The second kappa shape index (κ2) is 9.77. The highest BCUT2D eigenvalue weighted by molar-refractivity contribution is 7.89. The van der Waals surface area contributed by atoms with E-state index in [9.17, 15) is 13.2 Å². The Kier molecular flexibility index (Phi) is 7.44. The molecule has 6 nitrogen and oxygen atoms in total. The van der Waals surface area contributed by atoms with E-state index >= 15 is 0 Å². The summed E-state index contributed by atoms with van der Waals surface area (Å²) in [5, 5.41) is 0.538. The van der Waals surface area contributed by atoms with Crippen LogP contribution in [0.5, 0.6) is 0 Å². The third-order valence-corrected chi connectivity index (χ3v) is 8.06. The van der Waals surface area contributed by atoms with Gasteiger partial charge in [-0.3, -0.25) is 9.36 Å². The van der Waals surface area contributed by atoms with Gasteiger partial charge in [0.05, 0.1) is 21.8 Å². The fourth-order valence-corrected chi connectivity index (χ4v) is 5.67. The summed E-state index contributed by atoms with van der Waals surface area (Å²) in [7, 11) is -3.80. The van der Waals surface area contributed by atoms with Gasteiger partial charge in [0.25, 0.3) is 5.56 Å². The number of benzene rings is 2. The molecule has 3 aromatic rings. The molecule has 33 heavy (non-hydrogen) atoms. The van der Waals surface area contributed by atoms with E-state index in [0.29, 0.717) is 36.2 Å². The molecule has 0 fully saturated rings. The Morgan fingerprint density at radius 2 is 1.67 bits per heavy atom. The molecule has 0 saturated carbocycles. The molecule has 7 heteroatoms. The number of rotatable bonds is 8. The van der Waals surface area contributed by atoms with Crippen molar-refractivity contribution in [2.75, 3.05) is 6.54 Å². The average Bonchev–Trinajstić information content (AvgIpc) is 2.78. The van der Waals surface area contributed by atoms with E-state index < -0.39 is 16.1 Å². The van der Waals surface area contributed by atoms with Gasteiger partial charge in [-0.1, -0.05) is 58.4 Å². The lowest BCUT2D eigenvalue weighted by molar-refractivity contribution is 0.316. The zero-order valence-corrected chi connectivity index (χ0v) is 21.3. The van der Waals surface area contributed by atoms with Crippen molar-refractivity contribution >= 4 is 20.9 Å². The van der Waals surface area contributed by atoms with E-state index in [1.54, 1.807) is 28.8 Å². The number of hydrogen-bond acceptors (Lipinski definition) is 4. The number of fused-ring (bicyclic) bond motifs is 1. The van der Waals surface area contributed by atoms with Gasteiger partial charge in [-0.25, -0.2) is 13.4 Å². The van der Waals surface area contributed by atoms with Crippen molar-refractivity contribution in [1.29, 1.82) is 0 Å². The molecule has 0 aliphatic carbocycles. The molecule has 2 aromatic carbocycles. The summed E-state index contributed by atoms with van der Waals surface area (Å²) in [5.74, 6) is 0.465. The highest BCUT2D eigenvalue weighted by Gasteiger charge is 2.32. The third-order valence-electron chi connectivity index (χ3n) is 6.07. The maximum atomic E-state index is 13.8. The topological polar surface area (TPSA) is 72.3 Å². The minimum Gasteiger partial charge on any atom is -0.295 e. The van der Waals surface area contributed by atoms with E-state index in [1.807, 2.05) is 45.0 Å². The van der Waals surface area contributed by atoms with E-state index in [1.165, 1.54) is 4.31 Å². The first-order valence-corrected chi connectivity index (χ1v) is 13.1. The predicted octanol–water partition coefficient (Wildman–Crippen LogP) is 5.27. The lowest BCUT2D eigenvalue weighted by Crippen LogP contribution is -2.38. The molecule has 1 aromatic heterocycles. The van der Waals surface area contributed by atoms with Crippen molar-refractivity contribution in [3.05, 3.63) is 70.3 Å². The van der Waals surface area contributed by atoms with Crippen LogP contribution in [0.4, 0.5) is 0 Å². The maximum Gasteiger partial charge on any atom is 0.261 e. The normalized spacial score (nSPS) is 13.5. The Morgan fingerprint density at radius 3 is 2.24 bits per heavy atom. The van der Waals surface area contributed by atoms with Crippen LogP contribution in [0.15, 0.2) is 58.2 Å². The Bertz CT molecular complexity index is 1270. The first-order chi connectivity index (χ1) is 15.5. The lowest BCUT2D eigenvalue weighted by atomic mass is 9.87. The van der Waals surface area contributed by atoms with Crippen molar-refractivity contribution < 1.29 is 8.42 Å². The number of nitrogens with zero attached hydrogens (tertiary/aromatic N) is 3. The van der Waals surface area contributed by atoms with Crippen LogP contribution < -0.4 is 5.56 Å². The molecular weight excluding hydrogens is 434 g/mol. The molecule has 0 N–H and O–H groups in total. The zero-order valence-electron chi connectivity index (χ0n) is 20.5. The number of para-hydroxylation sites is 1. The fourth-order valence-electron chi connectivity index (χ4n) is 4.04. The molecule has 0 aliphatic heterocycles. The average molecular weight is 470 g/mol. The summed E-state index contributed by atoms with van der Waals surface area (Å²) in [4.78, 5) is 18.1. The van der Waals surface area contributed by atoms with Gasteiger partial charge in [-0.2, -0.15) is 4.31 Å². The Balaban J connectivity index is 2.12. The summed E-state index contributed by atoms with van der Waals surface area (Å²) < 4.78 is 30.6. The van der Waals surface area contributed by atoms with Crippen LogP contribution in [0, 0.1) is 0 Å². The predicted molar refractivity (Wildman–Crippen MR) is 134 cm³/mol. The van der Waals surface area contributed by atoms with Crippen molar-refractivity contribution in [3.8, 4) is 0 Å². The molecule has 1 unspecified atom stereocenters. The highest BCUT2D eigenvalue weighted by atomic mass is 32.2. The Labute approximate surface area is 197 Å². The monoisotopic (exact) mass is 469 g/mol. The number of unbranched alkanes of at least 4 members (excludes halogenated alkanes) is 1. The van der Waals surface area contributed by atoms with Crippen molar-refractivity contribution in [1.82, 2.24) is 13.9 Å². The van der Waals surface area contributed by atoms with Gasteiger partial charge < -0.3 is 0 Å². The molecule has 0 aliphatic rings. The molecular formula is C26H35N3O3S. The smallest absolute Gasteiger partial charge is 0.261 e. The van der Waals surface area contributed by atoms with Crippen molar-refractivity contribution in [2.45, 2.75) is 77.3 Å². The quantitative estimate of drug-likeness (QED) is 0.451. The highest BCUT2D eigenvalue weighted by Crippen LogP contribution is 2.29. The van der Waals surface area contributed by atoms with Crippen LogP contribution in [-0.4, -0.2) is 28.8 Å². The second-order valence-electron chi connectivity index (χ2n) is 9.46. The first kappa shape index (κ1) is 25.1. The van der Waals surface area contributed by atoms with Crippen LogP contribution >= 0.6 is 0 Å². The summed E-state index contributed by atoms with van der Waals surface area (Å²) in [6.45, 7) is 12.8. The summed E-state index contributed by atoms with van der Waals surface area (Å²) in [5.41, 5.74) is 1.44. The second-order valence-corrected chi connectivity index (χ2v) is 11.3. The number of sulfonamides is 1. The molecule has 178 valence electrons. The van der Waals surface area contributed by atoms with Crippen LogP contribution in [0.25, 0.3) is 10.9 Å². The largest absolute Gasteiger partial charge is 0.295 e. The fraction of sp³-hybridized carbons (Fsp3) is 0.462. The van der Waals surface area contributed by atoms with E-state index in [0.717, 1.165) is 12.0 Å². The van der Waals surface area contributed by atoms with Gasteiger partial charge in [0, 0.05) is 13.1 Å².